The number of halogens is 2. The molecule has 0 bridgehead atoms. The van der Waals surface area contributed by atoms with E-state index in [9.17, 15) is 5.11 Å². The van der Waals surface area contributed by atoms with E-state index in [4.69, 9.17) is 16.6 Å². The molecule has 1 aliphatic heterocycles. The van der Waals surface area contributed by atoms with Crippen molar-refractivity contribution >= 4 is 33.2 Å². The summed E-state index contributed by atoms with van der Waals surface area (Å²) in [5, 5.41) is 14.6. The fourth-order valence-corrected chi connectivity index (χ4v) is 3.90. The van der Waals surface area contributed by atoms with Gasteiger partial charge in [-0.05, 0) is 41.5 Å². The largest absolute Gasteiger partial charge is 0.508 e. The van der Waals surface area contributed by atoms with Crippen molar-refractivity contribution in [2.75, 3.05) is 0 Å². The van der Waals surface area contributed by atoms with E-state index in [2.05, 4.69) is 33.4 Å². The third kappa shape index (κ3) is 4.08. The van der Waals surface area contributed by atoms with Crippen LogP contribution in [0.15, 0.2) is 82.3 Å². The molecule has 3 aromatic carbocycles. The van der Waals surface area contributed by atoms with Gasteiger partial charge >= 0.3 is 0 Å². The number of phenols is 1. The van der Waals surface area contributed by atoms with Crippen LogP contribution in [0, 0.1) is 0 Å². The fraction of sp³-hybridized carbons (Fsp3) is 0.136. The van der Waals surface area contributed by atoms with Crippen LogP contribution in [0.3, 0.4) is 0 Å². The van der Waals surface area contributed by atoms with Crippen LogP contribution >= 0.6 is 27.5 Å². The molecule has 5 heteroatoms. The summed E-state index contributed by atoms with van der Waals surface area (Å²) in [7, 11) is 0. The minimum Gasteiger partial charge on any atom is -0.508 e. The van der Waals surface area contributed by atoms with Crippen LogP contribution in [0.4, 0.5) is 0 Å². The van der Waals surface area contributed by atoms with Crippen molar-refractivity contribution in [1.82, 2.24) is 5.32 Å². The van der Waals surface area contributed by atoms with Crippen LogP contribution < -0.4 is 5.32 Å². The highest BCUT2D eigenvalue weighted by molar-refractivity contribution is 9.10. The lowest BCUT2D eigenvalue weighted by Gasteiger charge is -2.31. The van der Waals surface area contributed by atoms with Crippen molar-refractivity contribution in [2.24, 2.45) is 4.99 Å². The Morgan fingerprint density at radius 1 is 1.00 bits per heavy atom. The van der Waals surface area contributed by atoms with Crippen LogP contribution in [0.1, 0.15) is 35.3 Å². The van der Waals surface area contributed by atoms with Gasteiger partial charge < -0.3 is 5.11 Å². The van der Waals surface area contributed by atoms with E-state index in [0.717, 1.165) is 26.9 Å². The number of nitrogens with zero attached hydrogens (tertiary/aromatic N) is 1. The molecule has 0 fully saturated rings. The predicted molar refractivity (Wildman–Crippen MR) is 113 cm³/mol. The Morgan fingerprint density at radius 2 is 1.78 bits per heavy atom. The molecule has 0 aliphatic carbocycles. The standard InChI is InChI=1S/C22H18BrClN2O/c23-16-5-3-4-15(12-16)22-25-19(14-8-10-17(24)11-9-14)13-20(26-22)18-6-1-2-7-21(18)27/h1-12,20,22,26-27H,13H2/t20-,22+/m1/s1. The molecular weight excluding hydrogens is 424 g/mol. The first kappa shape index (κ1) is 18.2. The number of aliphatic imine (C=N–C) groups is 1. The second-order valence-corrected chi connectivity index (χ2v) is 7.87. The van der Waals surface area contributed by atoms with E-state index < -0.39 is 0 Å². The monoisotopic (exact) mass is 440 g/mol. The molecule has 0 spiro atoms. The first-order chi connectivity index (χ1) is 13.1. The zero-order valence-electron chi connectivity index (χ0n) is 14.4. The van der Waals surface area contributed by atoms with Gasteiger partial charge in [-0.3, -0.25) is 10.3 Å². The molecule has 0 unspecified atom stereocenters. The summed E-state index contributed by atoms with van der Waals surface area (Å²) in [6.07, 6.45) is 0.482. The molecule has 2 N–H and O–H groups in total. The Hall–Kier alpha value is -2.14. The Kier molecular flexibility index (Phi) is 5.30. The van der Waals surface area contributed by atoms with Gasteiger partial charge in [0.2, 0.25) is 0 Å². The first-order valence-electron chi connectivity index (χ1n) is 8.72. The third-order valence-corrected chi connectivity index (χ3v) is 5.44. The van der Waals surface area contributed by atoms with Crippen molar-refractivity contribution in [1.29, 1.82) is 0 Å². The number of rotatable bonds is 3. The van der Waals surface area contributed by atoms with Gasteiger partial charge in [0.15, 0.2) is 0 Å². The molecule has 0 saturated carbocycles. The molecule has 2 atom stereocenters. The van der Waals surface area contributed by atoms with Crippen LogP contribution in [0.25, 0.3) is 0 Å². The molecule has 3 nitrogen and oxygen atoms in total. The summed E-state index contributed by atoms with van der Waals surface area (Å²) in [6, 6.07) is 23.3. The Balaban J connectivity index is 1.76. The first-order valence-corrected chi connectivity index (χ1v) is 9.89. The third-order valence-electron chi connectivity index (χ3n) is 4.70. The molecule has 1 heterocycles. The average Bonchev–Trinajstić information content (AvgIpc) is 2.68. The van der Waals surface area contributed by atoms with E-state index >= 15 is 0 Å². The van der Waals surface area contributed by atoms with E-state index in [1.54, 1.807) is 6.07 Å². The zero-order chi connectivity index (χ0) is 18.8. The van der Waals surface area contributed by atoms with Gasteiger partial charge in [-0.2, -0.15) is 0 Å². The predicted octanol–water partition coefficient (Wildman–Crippen LogP) is 6.03. The summed E-state index contributed by atoms with van der Waals surface area (Å²) in [5.41, 5.74) is 3.97. The smallest absolute Gasteiger partial charge is 0.126 e. The Morgan fingerprint density at radius 3 is 2.52 bits per heavy atom. The Bertz CT molecular complexity index is 988. The molecule has 0 radical (unpaired) electrons. The molecule has 1 aliphatic rings. The van der Waals surface area contributed by atoms with E-state index in [0.29, 0.717) is 17.2 Å². The average molecular weight is 442 g/mol. The molecule has 0 saturated heterocycles. The highest BCUT2D eigenvalue weighted by Gasteiger charge is 2.27. The fourth-order valence-electron chi connectivity index (χ4n) is 3.35. The zero-order valence-corrected chi connectivity index (χ0v) is 16.8. The molecule has 27 heavy (non-hydrogen) atoms. The summed E-state index contributed by atoms with van der Waals surface area (Å²) < 4.78 is 1.01. The second-order valence-electron chi connectivity index (χ2n) is 6.52. The van der Waals surface area contributed by atoms with E-state index in [-0.39, 0.29) is 12.2 Å². The van der Waals surface area contributed by atoms with Crippen molar-refractivity contribution in [3.63, 3.8) is 0 Å². The van der Waals surface area contributed by atoms with Gasteiger partial charge in [-0.1, -0.05) is 70.0 Å². The number of phenolic OH excluding ortho intramolecular Hbond substituents is 1. The van der Waals surface area contributed by atoms with Gasteiger partial charge in [0.25, 0.3) is 0 Å². The number of para-hydroxylation sites is 1. The van der Waals surface area contributed by atoms with Gasteiger partial charge in [0, 0.05) is 33.2 Å². The van der Waals surface area contributed by atoms with Gasteiger partial charge in [0.05, 0.1) is 0 Å². The maximum Gasteiger partial charge on any atom is 0.126 e. The SMILES string of the molecule is Oc1ccccc1[C@H]1CC(c2ccc(Cl)cc2)=N[C@H](c2cccc(Br)c2)N1. The van der Waals surface area contributed by atoms with Crippen LogP contribution in [0.5, 0.6) is 5.75 Å². The summed E-state index contributed by atoms with van der Waals surface area (Å²) in [6.45, 7) is 0. The maximum atomic E-state index is 10.4. The second kappa shape index (κ2) is 7.85. The molecular formula is C22H18BrClN2O. The maximum absolute atomic E-state index is 10.4. The molecule has 4 rings (SSSR count). The van der Waals surface area contributed by atoms with Crippen molar-refractivity contribution in [3.8, 4) is 5.75 Å². The van der Waals surface area contributed by atoms with Crippen LogP contribution in [0.2, 0.25) is 5.02 Å². The van der Waals surface area contributed by atoms with Gasteiger partial charge in [-0.25, -0.2) is 0 Å². The minimum absolute atomic E-state index is 0.0432. The Labute approximate surface area is 171 Å². The highest BCUT2D eigenvalue weighted by atomic mass is 79.9. The van der Waals surface area contributed by atoms with Gasteiger partial charge in [-0.15, -0.1) is 0 Å². The number of aromatic hydroxyl groups is 1. The van der Waals surface area contributed by atoms with E-state index in [1.807, 2.05) is 54.6 Å². The van der Waals surface area contributed by atoms with Crippen molar-refractivity contribution in [2.45, 2.75) is 18.6 Å². The number of hydrogen-bond acceptors (Lipinski definition) is 3. The lowest BCUT2D eigenvalue weighted by molar-refractivity contribution is 0.412. The lowest BCUT2D eigenvalue weighted by Crippen LogP contribution is -2.33. The highest BCUT2D eigenvalue weighted by Crippen LogP contribution is 2.34. The lowest BCUT2D eigenvalue weighted by atomic mass is 9.93. The van der Waals surface area contributed by atoms with Crippen molar-refractivity contribution in [3.05, 3.63) is 99.0 Å². The number of hydrogen-bond donors (Lipinski definition) is 2. The summed E-state index contributed by atoms with van der Waals surface area (Å²) in [5.74, 6) is 0.292. The summed E-state index contributed by atoms with van der Waals surface area (Å²) >= 11 is 9.58. The molecule has 3 aromatic rings. The number of benzene rings is 3. The summed E-state index contributed by atoms with van der Waals surface area (Å²) in [4.78, 5) is 4.96. The van der Waals surface area contributed by atoms with Crippen molar-refractivity contribution < 1.29 is 5.11 Å². The van der Waals surface area contributed by atoms with E-state index in [1.165, 1.54) is 0 Å². The normalized spacial score (nSPS) is 19.6. The van der Waals surface area contributed by atoms with Crippen LogP contribution in [-0.2, 0) is 0 Å². The molecule has 0 amide bonds. The molecule has 0 aromatic heterocycles. The quantitative estimate of drug-likeness (QED) is 0.521. The molecule has 136 valence electrons. The van der Waals surface area contributed by atoms with Crippen LogP contribution in [-0.4, -0.2) is 10.8 Å². The topological polar surface area (TPSA) is 44.6 Å². The van der Waals surface area contributed by atoms with Gasteiger partial charge in [0.1, 0.15) is 11.9 Å². The minimum atomic E-state index is -0.202. The number of nitrogens with one attached hydrogen (secondary N) is 1.